The van der Waals surface area contributed by atoms with Gasteiger partial charge in [-0.3, -0.25) is 0 Å². The van der Waals surface area contributed by atoms with Crippen LogP contribution in [-0.4, -0.2) is 37.8 Å². The van der Waals surface area contributed by atoms with Crippen LogP contribution >= 0.6 is 0 Å². The van der Waals surface area contributed by atoms with E-state index in [4.69, 9.17) is 18.9 Å². The van der Waals surface area contributed by atoms with Crippen molar-refractivity contribution < 1.29 is 24.1 Å². The highest BCUT2D eigenvalue weighted by Gasteiger charge is 2.54. The molecule has 1 fully saturated rings. The minimum atomic E-state index is -0.293. The fraction of sp³-hybridized carbons (Fsp3) is 0.700. The molecule has 5 nitrogen and oxygen atoms in total. The molecular weight excluding hydrogens is 320 g/mol. The van der Waals surface area contributed by atoms with Gasteiger partial charge in [0.25, 0.3) is 0 Å². The van der Waals surface area contributed by atoms with Gasteiger partial charge >= 0.3 is 0 Å². The number of rotatable bonds is 5. The number of hydrogen-bond acceptors (Lipinski definition) is 5. The van der Waals surface area contributed by atoms with Crippen LogP contribution in [0, 0.1) is 11.3 Å². The van der Waals surface area contributed by atoms with Crippen LogP contribution in [-0.2, 0) is 22.5 Å². The molecule has 0 aromatic heterocycles. The summed E-state index contributed by atoms with van der Waals surface area (Å²) in [5.41, 5.74) is 1.69. The van der Waals surface area contributed by atoms with E-state index in [0.29, 0.717) is 6.61 Å². The van der Waals surface area contributed by atoms with Crippen molar-refractivity contribution in [2.45, 2.75) is 58.3 Å². The van der Waals surface area contributed by atoms with Gasteiger partial charge in [0.15, 0.2) is 6.79 Å². The van der Waals surface area contributed by atoms with Crippen LogP contribution in [0.5, 0.6) is 11.5 Å². The van der Waals surface area contributed by atoms with Gasteiger partial charge in [-0.15, -0.1) is 0 Å². The molecule has 5 heteroatoms. The third-order valence-electron chi connectivity index (χ3n) is 6.05. The van der Waals surface area contributed by atoms with Crippen LogP contribution in [0.4, 0.5) is 0 Å². The number of methoxy groups -OCH3 is 2. The summed E-state index contributed by atoms with van der Waals surface area (Å²) in [7, 11) is 3.28. The summed E-state index contributed by atoms with van der Waals surface area (Å²) in [4.78, 5) is 0. The van der Waals surface area contributed by atoms with Crippen LogP contribution in [0.15, 0.2) is 12.1 Å². The van der Waals surface area contributed by atoms with Crippen LogP contribution in [0.25, 0.3) is 0 Å². The van der Waals surface area contributed by atoms with Crippen molar-refractivity contribution in [1.82, 2.24) is 0 Å². The molecule has 0 radical (unpaired) electrons. The maximum absolute atomic E-state index is 10.5. The van der Waals surface area contributed by atoms with Gasteiger partial charge in [0.1, 0.15) is 17.1 Å². The lowest BCUT2D eigenvalue weighted by Crippen LogP contribution is -2.58. The Bertz CT molecular complexity index is 627. The summed E-state index contributed by atoms with van der Waals surface area (Å²) >= 11 is 0. The monoisotopic (exact) mass is 350 g/mol. The van der Waals surface area contributed by atoms with Crippen molar-refractivity contribution in [2.24, 2.45) is 11.3 Å². The first-order valence-electron chi connectivity index (χ1n) is 8.95. The highest BCUT2D eigenvalue weighted by molar-refractivity contribution is 5.48. The number of aliphatic hydroxyl groups excluding tert-OH is 1. The van der Waals surface area contributed by atoms with Crippen molar-refractivity contribution in [1.29, 1.82) is 0 Å². The third kappa shape index (κ3) is 3.25. The molecule has 0 bridgehead atoms. The molecule has 1 aromatic rings. The predicted octanol–water partition coefficient (Wildman–Crippen LogP) is 3.31. The Hall–Kier alpha value is -1.30. The van der Waals surface area contributed by atoms with Crippen LogP contribution < -0.4 is 9.47 Å². The Morgan fingerprint density at radius 3 is 2.64 bits per heavy atom. The summed E-state index contributed by atoms with van der Waals surface area (Å²) in [6.45, 7) is 7.14. The van der Waals surface area contributed by atoms with E-state index in [1.54, 1.807) is 14.2 Å². The average molecular weight is 350 g/mol. The second kappa shape index (κ2) is 6.78. The zero-order chi connectivity index (χ0) is 18.2. The summed E-state index contributed by atoms with van der Waals surface area (Å²) in [6.07, 6.45) is 2.22. The van der Waals surface area contributed by atoms with Gasteiger partial charge in [0.2, 0.25) is 0 Å². The van der Waals surface area contributed by atoms with Crippen molar-refractivity contribution in [3.05, 3.63) is 23.3 Å². The number of benzene rings is 1. The third-order valence-corrected chi connectivity index (χ3v) is 6.05. The first kappa shape index (κ1) is 18.5. The lowest BCUT2D eigenvalue weighted by Gasteiger charge is -2.55. The van der Waals surface area contributed by atoms with Crippen LogP contribution in [0.3, 0.4) is 0 Å². The number of hydrogen-bond donors (Lipinski definition) is 1. The summed E-state index contributed by atoms with van der Waals surface area (Å²) in [5.74, 6) is 1.87. The van der Waals surface area contributed by atoms with Crippen LogP contribution in [0.2, 0.25) is 0 Å². The number of aliphatic hydroxyl groups is 1. The largest absolute Gasteiger partial charge is 0.487 e. The lowest BCUT2D eigenvalue weighted by atomic mass is 9.57. The Morgan fingerprint density at radius 1 is 1.20 bits per heavy atom. The molecule has 1 heterocycles. The molecule has 25 heavy (non-hydrogen) atoms. The van der Waals surface area contributed by atoms with Gasteiger partial charge in [0.05, 0.1) is 12.7 Å². The summed E-state index contributed by atoms with van der Waals surface area (Å²) < 4.78 is 22.6. The molecule has 0 amide bonds. The van der Waals surface area contributed by atoms with Gasteiger partial charge in [-0.05, 0) is 43.2 Å². The highest BCUT2D eigenvalue weighted by Crippen LogP contribution is 2.53. The smallest absolute Gasteiger partial charge is 0.188 e. The Morgan fingerprint density at radius 2 is 1.96 bits per heavy atom. The fourth-order valence-electron chi connectivity index (χ4n) is 4.50. The van der Waals surface area contributed by atoms with Crippen molar-refractivity contribution >= 4 is 0 Å². The summed E-state index contributed by atoms with van der Waals surface area (Å²) in [6, 6.07) is 4.07. The van der Waals surface area contributed by atoms with Gasteiger partial charge in [-0.2, -0.15) is 0 Å². The van der Waals surface area contributed by atoms with E-state index in [1.807, 2.05) is 6.07 Å². The number of ether oxygens (including phenoxy) is 4. The zero-order valence-electron chi connectivity index (χ0n) is 15.9. The van der Waals surface area contributed by atoms with E-state index in [9.17, 15) is 5.11 Å². The first-order chi connectivity index (χ1) is 11.8. The average Bonchev–Trinajstić information content (AvgIpc) is 2.56. The van der Waals surface area contributed by atoms with Crippen molar-refractivity contribution in [3.8, 4) is 11.5 Å². The molecule has 0 spiro atoms. The highest BCUT2D eigenvalue weighted by atomic mass is 16.7. The topological polar surface area (TPSA) is 57.2 Å². The molecule has 1 aromatic carbocycles. The standard InChI is InChI=1S/C20H30O5/c1-19(2)17-9-13-8-14(11-22-4)15(24-12-23-5)10-16(13)25-20(17,3)7-6-18(19)21/h8,10,17-18,21H,6-7,9,11-12H2,1-5H3/t17-,18-,20-/m1/s1. The Labute approximate surface area is 150 Å². The molecule has 140 valence electrons. The molecule has 1 N–H and O–H groups in total. The predicted molar refractivity (Wildman–Crippen MR) is 94.9 cm³/mol. The van der Waals surface area contributed by atoms with E-state index in [0.717, 1.165) is 41.9 Å². The minimum absolute atomic E-state index is 0.183. The van der Waals surface area contributed by atoms with E-state index >= 15 is 0 Å². The fourth-order valence-corrected chi connectivity index (χ4v) is 4.50. The Balaban J connectivity index is 1.98. The van der Waals surface area contributed by atoms with Crippen LogP contribution in [0.1, 0.15) is 44.7 Å². The van der Waals surface area contributed by atoms with Gasteiger partial charge < -0.3 is 24.1 Å². The SMILES string of the molecule is COCOc1cc2c(cc1COC)C[C@@H]1C(C)(C)[C@H](O)CC[C@@]1(C)O2. The molecule has 3 atom stereocenters. The second-order valence-electron chi connectivity index (χ2n) is 8.10. The molecule has 0 unspecified atom stereocenters. The molecule has 1 saturated carbocycles. The lowest BCUT2D eigenvalue weighted by molar-refractivity contribution is -0.137. The molecule has 1 aliphatic heterocycles. The van der Waals surface area contributed by atoms with Gasteiger partial charge in [0, 0.05) is 31.8 Å². The van der Waals surface area contributed by atoms with E-state index < -0.39 is 0 Å². The molecular formula is C20H30O5. The second-order valence-corrected chi connectivity index (χ2v) is 8.10. The zero-order valence-corrected chi connectivity index (χ0v) is 15.9. The molecule has 3 rings (SSSR count). The Kier molecular flexibility index (Phi) is 5.02. The van der Waals surface area contributed by atoms with Crippen molar-refractivity contribution in [2.75, 3.05) is 21.0 Å². The van der Waals surface area contributed by atoms with Gasteiger partial charge in [-0.25, -0.2) is 0 Å². The normalized spacial score (nSPS) is 30.2. The van der Waals surface area contributed by atoms with E-state index in [2.05, 4.69) is 26.8 Å². The molecule has 2 aliphatic rings. The minimum Gasteiger partial charge on any atom is -0.487 e. The molecule has 1 aliphatic carbocycles. The van der Waals surface area contributed by atoms with Gasteiger partial charge in [-0.1, -0.05) is 13.8 Å². The summed E-state index contributed by atoms with van der Waals surface area (Å²) in [5, 5.41) is 10.5. The maximum atomic E-state index is 10.5. The quantitative estimate of drug-likeness (QED) is 0.826. The number of fused-ring (bicyclic) bond motifs is 2. The van der Waals surface area contributed by atoms with E-state index in [1.165, 1.54) is 0 Å². The maximum Gasteiger partial charge on any atom is 0.188 e. The first-order valence-corrected chi connectivity index (χ1v) is 8.95. The van der Waals surface area contributed by atoms with Crippen molar-refractivity contribution in [3.63, 3.8) is 0 Å². The van der Waals surface area contributed by atoms with E-state index in [-0.39, 0.29) is 29.8 Å². The molecule has 0 saturated heterocycles.